The van der Waals surface area contributed by atoms with Crippen LogP contribution in [0.1, 0.15) is 0 Å². The Balaban J connectivity index is 1.01. The van der Waals surface area contributed by atoms with Gasteiger partial charge in [0.1, 0.15) is 0 Å². The molecule has 0 aliphatic carbocycles. The van der Waals surface area contributed by atoms with Gasteiger partial charge in [0.05, 0.1) is 0 Å². The number of rotatable bonds is 11. The standard InChI is InChI=1S/C70H48N2S/c1-4-15-49(16-5-1)53-29-37-60(38-30-53)71(61-39-31-54(32-40-61)50-17-6-2-7-18-50)64-46-59(58-28-27-52-21-10-11-22-57(52)45-58)47-65(48-64)72(62-41-33-55(34-42-62)51-19-8-3-9-20-51)63-43-35-56(36-44-63)66-24-14-25-68-67-23-12-13-26-69(67)73-70(66)68/h1-48H. The van der Waals surface area contributed by atoms with Crippen molar-refractivity contribution in [1.29, 1.82) is 0 Å². The van der Waals surface area contributed by atoms with Crippen molar-refractivity contribution >= 4 is 76.4 Å². The van der Waals surface area contributed by atoms with Gasteiger partial charge in [0.15, 0.2) is 0 Å². The van der Waals surface area contributed by atoms with E-state index in [1.165, 1.54) is 75.5 Å². The molecule has 1 aromatic heterocycles. The van der Waals surface area contributed by atoms with Gasteiger partial charge in [-0.3, -0.25) is 0 Å². The van der Waals surface area contributed by atoms with Crippen LogP contribution in [0.4, 0.5) is 34.1 Å². The molecular weight excluding hydrogens is 901 g/mol. The molecule has 0 radical (unpaired) electrons. The van der Waals surface area contributed by atoms with Crippen molar-refractivity contribution in [3.05, 3.63) is 291 Å². The van der Waals surface area contributed by atoms with Gasteiger partial charge in [-0.15, -0.1) is 11.3 Å². The first-order valence-corrected chi connectivity index (χ1v) is 25.7. The first-order chi connectivity index (χ1) is 36.2. The van der Waals surface area contributed by atoms with Crippen LogP contribution in [-0.2, 0) is 0 Å². The third kappa shape index (κ3) is 8.63. The monoisotopic (exact) mass is 948 g/mol. The van der Waals surface area contributed by atoms with Gasteiger partial charge in [-0.2, -0.15) is 0 Å². The van der Waals surface area contributed by atoms with E-state index in [2.05, 4.69) is 301 Å². The fourth-order valence-corrected chi connectivity index (χ4v) is 11.6. The minimum atomic E-state index is 1.04. The fraction of sp³-hybridized carbons (Fsp3) is 0. The molecule has 13 rings (SSSR count). The molecule has 2 nitrogen and oxygen atoms in total. The second-order valence-corrected chi connectivity index (χ2v) is 19.6. The number of fused-ring (bicyclic) bond motifs is 4. The smallest absolute Gasteiger partial charge is 0.0488 e. The van der Waals surface area contributed by atoms with E-state index in [1.54, 1.807) is 0 Å². The van der Waals surface area contributed by atoms with Gasteiger partial charge in [0.25, 0.3) is 0 Å². The highest BCUT2D eigenvalue weighted by molar-refractivity contribution is 7.26. The molecule has 0 unspecified atom stereocenters. The van der Waals surface area contributed by atoms with Gasteiger partial charge in [-0.1, -0.05) is 212 Å². The predicted octanol–water partition coefficient (Wildman–Crippen LogP) is 20.5. The van der Waals surface area contributed by atoms with E-state index in [0.29, 0.717) is 0 Å². The highest BCUT2D eigenvalue weighted by Crippen LogP contribution is 2.46. The minimum absolute atomic E-state index is 1.04. The first-order valence-electron chi connectivity index (χ1n) is 24.9. The SMILES string of the molecule is c1ccc(-c2ccc(N(c3ccc(-c4ccccc4)cc3)c3cc(-c4ccc5ccccc5c4)cc(N(c4ccc(-c5ccccc5)cc4)c4ccc(-c5cccc6c5sc5ccccc56)cc4)c3)cc2)cc1. The third-order valence-corrected chi connectivity index (χ3v) is 15.3. The van der Waals surface area contributed by atoms with Gasteiger partial charge < -0.3 is 9.80 Å². The number of thiophene rings is 1. The van der Waals surface area contributed by atoms with Gasteiger partial charge in [0.2, 0.25) is 0 Å². The van der Waals surface area contributed by atoms with Gasteiger partial charge in [-0.25, -0.2) is 0 Å². The Morgan fingerprint density at radius 2 is 0.616 bits per heavy atom. The molecule has 1 heterocycles. The molecule has 0 aliphatic heterocycles. The second-order valence-electron chi connectivity index (χ2n) is 18.5. The number of anilines is 6. The molecule has 0 saturated heterocycles. The van der Waals surface area contributed by atoms with Crippen molar-refractivity contribution in [1.82, 2.24) is 0 Å². The van der Waals surface area contributed by atoms with Crippen LogP contribution in [0.15, 0.2) is 291 Å². The summed E-state index contributed by atoms with van der Waals surface area (Å²) >= 11 is 1.87. The normalized spacial score (nSPS) is 11.3. The first kappa shape index (κ1) is 43.7. The van der Waals surface area contributed by atoms with Crippen LogP contribution in [0.25, 0.3) is 86.6 Å². The number of benzene rings is 12. The van der Waals surface area contributed by atoms with E-state index in [9.17, 15) is 0 Å². The Morgan fingerprint density at radius 1 is 0.219 bits per heavy atom. The summed E-state index contributed by atoms with van der Waals surface area (Å²) in [4.78, 5) is 4.82. The molecule has 0 aliphatic rings. The van der Waals surface area contributed by atoms with Crippen LogP contribution in [0.3, 0.4) is 0 Å². The van der Waals surface area contributed by atoms with E-state index >= 15 is 0 Å². The Morgan fingerprint density at radius 3 is 1.12 bits per heavy atom. The van der Waals surface area contributed by atoms with E-state index in [1.807, 2.05) is 11.3 Å². The summed E-state index contributed by atoms with van der Waals surface area (Å²) in [6.45, 7) is 0. The molecule has 73 heavy (non-hydrogen) atoms. The van der Waals surface area contributed by atoms with E-state index in [-0.39, 0.29) is 0 Å². The van der Waals surface area contributed by atoms with Crippen LogP contribution in [0.5, 0.6) is 0 Å². The molecule has 13 aromatic rings. The molecule has 0 amide bonds. The molecule has 0 fully saturated rings. The molecule has 3 heteroatoms. The Hall–Kier alpha value is -9.28. The lowest BCUT2D eigenvalue weighted by Crippen LogP contribution is -2.13. The van der Waals surface area contributed by atoms with Crippen molar-refractivity contribution in [3.63, 3.8) is 0 Å². The lowest BCUT2D eigenvalue weighted by Gasteiger charge is -2.31. The maximum Gasteiger partial charge on any atom is 0.0488 e. The van der Waals surface area contributed by atoms with Crippen molar-refractivity contribution in [3.8, 4) is 55.6 Å². The van der Waals surface area contributed by atoms with E-state index in [0.717, 1.165) is 45.3 Å². The zero-order valence-corrected chi connectivity index (χ0v) is 40.8. The van der Waals surface area contributed by atoms with Crippen molar-refractivity contribution in [2.45, 2.75) is 0 Å². The van der Waals surface area contributed by atoms with Gasteiger partial charge in [0, 0.05) is 54.3 Å². The van der Waals surface area contributed by atoms with E-state index < -0.39 is 0 Å². The molecule has 0 N–H and O–H groups in total. The van der Waals surface area contributed by atoms with Crippen molar-refractivity contribution < 1.29 is 0 Å². The number of hydrogen-bond acceptors (Lipinski definition) is 3. The Kier molecular flexibility index (Phi) is 11.5. The summed E-state index contributed by atoms with van der Waals surface area (Å²) in [6, 6.07) is 106. The van der Waals surface area contributed by atoms with Crippen LogP contribution < -0.4 is 9.80 Å². The molecular formula is C70H48N2S. The zero-order valence-electron chi connectivity index (χ0n) is 40.0. The molecule has 0 atom stereocenters. The molecule has 12 aromatic carbocycles. The summed E-state index contributed by atoms with van der Waals surface area (Å²) < 4.78 is 2.62. The average Bonchev–Trinajstić information content (AvgIpc) is 3.86. The predicted molar refractivity (Wildman–Crippen MR) is 313 cm³/mol. The van der Waals surface area contributed by atoms with Crippen LogP contribution in [0.2, 0.25) is 0 Å². The van der Waals surface area contributed by atoms with Crippen LogP contribution in [-0.4, -0.2) is 0 Å². The average molecular weight is 949 g/mol. The molecule has 0 bridgehead atoms. The number of nitrogens with zero attached hydrogens (tertiary/aromatic N) is 2. The van der Waals surface area contributed by atoms with Crippen LogP contribution in [0, 0.1) is 0 Å². The minimum Gasteiger partial charge on any atom is -0.310 e. The summed E-state index contributed by atoms with van der Waals surface area (Å²) in [5.41, 5.74) is 18.1. The van der Waals surface area contributed by atoms with Crippen molar-refractivity contribution in [2.75, 3.05) is 9.80 Å². The molecule has 0 saturated carbocycles. The van der Waals surface area contributed by atoms with Crippen LogP contribution >= 0.6 is 11.3 Å². The zero-order chi connectivity index (χ0) is 48.5. The number of hydrogen-bond donors (Lipinski definition) is 0. The lowest BCUT2D eigenvalue weighted by atomic mass is 9.98. The molecule has 344 valence electrons. The van der Waals surface area contributed by atoms with Gasteiger partial charge in [-0.05, 0) is 145 Å². The maximum atomic E-state index is 2.42. The van der Waals surface area contributed by atoms with Crippen molar-refractivity contribution in [2.24, 2.45) is 0 Å². The van der Waals surface area contributed by atoms with Gasteiger partial charge >= 0.3 is 0 Å². The Bertz CT molecular complexity index is 3950. The summed E-state index contributed by atoms with van der Waals surface area (Å²) in [5.74, 6) is 0. The largest absolute Gasteiger partial charge is 0.310 e. The summed E-state index contributed by atoms with van der Waals surface area (Å²) in [7, 11) is 0. The lowest BCUT2D eigenvalue weighted by molar-refractivity contribution is 1.25. The van der Waals surface area contributed by atoms with E-state index in [4.69, 9.17) is 0 Å². The topological polar surface area (TPSA) is 6.48 Å². The second kappa shape index (κ2) is 19.1. The summed E-state index contributed by atoms with van der Waals surface area (Å²) in [5, 5.41) is 5.03. The Labute approximate surface area is 430 Å². The fourth-order valence-electron chi connectivity index (χ4n) is 10.3. The third-order valence-electron chi connectivity index (χ3n) is 14.0. The maximum absolute atomic E-state index is 2.42. The highest BCUT2D eigenvalue weighted by atomic mass is 32.1. The quantitative estimate of drug-likeness (QED) is 0.127. The summed E-state index contributed by atoms with van der Waals surface area (Å²) in [6.07, 6.45) is 0. The molecule has 0 spiro atoms. The highest BCUT2D eigenvalue weighted by Gasteiger charge is 2.21.